The highest BCUT2D eigenvalue weighted by Crippen LogP contribution is 2.47. The first-order valence-corrected chi connectivity index (χ1v) is 11.3. The van der Waals surface area contributed by atoms with Gasteiger partial charge in [0, 0.05) is 16.9 Å². The van der Waals surface area contributed by atoms with Crippen LogP contribution in [0.25, 0.3) is 0 Å². The molecule has 5 nitrogen and oxygen atoms in total. The molecule has 1 N–H and O–H groups in total. The molecule has 1 aliphatic rings. The number of amides is 2. The number of benzene rings is 3. The molecule has 1 unspecified atom stereocenters. The van der Waals surface area contributed by atoms with Crippen LogP contribution < -0.4 is 14.5 Å². The van der Waals surface area contributed by atoms with Gasteiger partial charge in [0.1, 0.15) is 5.75 Å². The number of anilines is 2. The van der Waals surface area contributed by atoms with Crippen LogP contribution in [0.1, 0.15) is 30.5 Å². The van der Waals surface area contributed by atoms with Crippen LogP contribution in [0.4, 0.5) is 29.3 Å². The molecule has 0 radical (unpaired) electrons. The highest BCUT2D eigenvalue weighted by molar-refractivity contribution is 6.08. The molecule has 0 spiro atoms. The fourth-order valence-corrected chi connectivity index (χ4v) is 4.65. The van der Waals surface area contributed by atoms with Gasteiger partial charge in [0.15, 0.2) is 5.72 Å². The Hall–Kier alpha value is -3.52. The van der Waals surface area contributed by atoms with E-state index in [2.05, 4.69) is 4.74 Å². The van der Waals surface area contributed by atoms with Gasteiger partial charge in [-0.2, -0.15) is 0 Å². The summed E-state index contributed by atoms with van der Waals surface area (Å²) in [6, 6.07) is 18.2. The summed E-state index contributed by atoms with van der Waals surface area (Å²) in [5.74, 6) is -0.746. The van der Waals surface area contributed by atoms with E-state index in [-0.39, 0.29) is 11.5 Å². The molecule has 0 saturated carbocycles. The Bertz CT molecular complexity index is 1210. The molecule has 0 bridgehead atoms. The largest absolute Gasteiger partial charge is 0.573 e. The molecule has 2 amide bonds. The van der Waals surface area contributed by atoms with Gasteiger partial charge in [-0.15, -0.1) is 13.2 Å². The summed E-state index contributed by atoms with van der Waals surface area (Å²) in [5.41, 5.74) is 1.09. The Morgan fingerprint density at radius 2 is 1.46 bits per heavy atom. The zero-order valence-corrected chi connectivity index (χ0v) is 19.9. The average Bonchev–Trinajstić information content (AvgIpc) is 3.02. The van der Waals surface area contributed by atoms with Crippen LogP contribution in [0, 0.1) is 19.8 Å². The molecule has 0 aromatic heterocycles. The zero-order valence-electron chi connectivity index (χ0n) is 19.9. The van der Waals surface area contributed by atoms with Crippen molar-refractivity contribution in [1.29, 1.82) is 0 Å². The summed E-state index contributed by atoms with van der Waals surface area (Å²) in [7, 11) is 0. The quantitative estimate of drug-likeness (QED) is 0.449. The van der Waals surface area contributed by atoms with E-state index >= 15 is 0 Å². The topological polar surface area (TPSA) is 53.0 Å². The molecule has 1 aliphatic heterocycles. The van der Waals surface area contributed by atoms with Gasteiger partial charge in [-0.3, -0.25) is 9.80 Å². The first-order valence-electron chi connectivity index (χ1n) is 11.3. The van der Waals surface area contributed by atoms with Crippen LogP contribution in [-0.2, 0) is 5.72 Å². The maximum atomic E-state index is 14.0. The Morgan fingerprint density at radius 1 is 0.914 bits per heavy atom. The molecular weight excluding hydrogens is 457 g/mol. The monoisotopic (exact) mass is 484 g/mol. The van der Waals surface area contributed by atoms with Crippen LogP contribution >= 0.6 is 0 Å². The van der Waals surface area contributed by atoms with Crippen LogP contribution in [-0.4, -0.2) is 23.5 Å². The Labute approximate surface area is 202 Å². The lowest BCUT2D eigenvalue weighted by Gasteiger charge is -2.39. The van der Waals surface area contributed by atoms with Gasteiger partial charge >= 0.3 is 12.4 Å². The summed E-state index contributed by atoms with van der Waals surface area (Å²) in [5, 5.41) is 12.4. The number of alkyl halides is 3. The van der Waals surface area contributed by atoms with Crippen molar-refractivity contribution in [3.63, 3.8) is 0 Å². The third kappa shape index (κ3) is 4.58. The zero-order chi connectivity index (χ0) is 25.5. The lowest BCUT2D eigenvalue weighted by atomic mass is 9.86. The average molecular weight is 485 g/mol. The molecule has 1 heterocycles. The number of urea groups is 1. The van der Waals surface area contributed by atoms with Gasteiger partial charge in [0.05, 0.1) is 6.04 Å². The van der Waals surface area contributed by atoms with Gasteiger partial charge in [-0.05, 0) is 56.2 Å². The van der Waals surface area contributed by atoms with Crippen LogP contribution in [0.2, 0.25) is 0 Å². The van der Waals surface area contributed by atoms with Gasteiger partial charge in [-0.1, -0.05) is 61.4 Å². The Kier molecular flexibility index (Phi) is 6.27. The summed E-state index contributed by atoms with van der Waals surface area (Å²) in [4.78, 5) is 16.7. The van der Waals surface area contributed by atoms with E-state index in [1.807, 2.05) is 52.0 Å². The van der Waals surface area contributed by atoms with Crippen molar-refractivity contribution in [2.75, 3.05) is 9.80 Å². The summed E-state index contributed by atoms with van der Waals surface area (Å²) < 4.78 is 43.0. The van der Waals surface area contributed by atoms with E-state index in [1.165, 1.54) is 21.9 Å². The maximum Gasteiger partial charge on any atom is 0.573 e. The van der Waals surface area contributed by atoms with E-state index in [9.17, 15) is 23.1 Å². The summed E-state index contributed by atoms with van der Waals surface area (Å²) in [6.45, 7) is 7.55. The van der Waals surface area contributed by atoms with Gasteiger partial charge in [-0.25, -0.2) is 4.79 Å². The van der Waals surface area contributed by atoms with Gasteiger partial charge in [0.2, 0.25) is 0 Å². The lowest BCUT2D eigenvalue weighted by molar-refractivity contribution is -0.274. The van der Waals surface area contributed by atoms with Crippen LogP contribution in [0.5, 0.6) is 5.75 Å². The molecule has 1 fully saturated rings. The first-order chi connectivity index (χ1) is 16.4. The highest BCUT2D eigenvalue weighted by atomic mass is 19.4. The second kappa shape index (κ2) is 8.92. The molecule has 3 aromatic carbocycles. The molecule has 0 aliphatic carbocycles. The van der Waals surface area contributed by atoms with E-state index in [0.717, 1.165) is 23.3 Å². The normalized spacial score (nSPS) is 20.6. The fraction of sp³-hybridized carbons (Fsp3) is 0.296. The van der Waals surface area contributed by atoms with Crippen molar-refractivity contribution in [3.8, 4) is 5.75 Å². The number of hydrogen-bond donors (Lipinski definition) is 1. The lowest BCUT2D eigenvalue weighted by Crippen LogP contribution is -2.52. The van der Waals surface area contributed by atoms with E-state index in [0.29, 0.717) is 11.4 Å². The highest BCUT2D eigenvalue weighted by Gasteiger charge is 2.59. The smallest absolute Gasteiger partial charge is 0.406 e. The molecular formula is C27H27F3N2O3. The first kappa shape index (κ1) is 24.6. The van der Waals surface area contributed by atoms with Crippen molar-refractivity contribution in [2.45, 2.75) is 45.8 Å². The summed E-state index contributed by atoms with van der Waals surface area (Å²) >= 11 is 0. The number of carbonyl (C=O) groups is 1. The second-order valence-electron chi connectivity index (χ2n) is 9.15. The molecule has 35 heavy (non-hydrogen) atoms. The number of nitrogens with zero attached hydrogens (tertiary/aromatic N) is 2. The molecule has 3 aromatic rings. The number of halogens is 3. The number of carbonyl (C=O) groups excluding carboxylic acids is 1. The van der Waals surface area contributed by atoms with E-state index in [1.54, 1.807) is 24.3 Å². The minimum atomic E-state index is -4.89. The van der Waals surface area contributed by atoms with Crippen molar-refractivity contribution in [3.05, 3.63) is 89.5 Å². The Balaban J connectivity index is 1.94. The third-order valence-electron chi connectivity index (χ3n) is 6.16. The van der Waals surface area contributed by atoms with Crippen molar-refractivity contribution in [2.24, 2.45) is 5.92 Å². The van der Waals surface area contributed by atoms with Crippen molar-refractivity contribution < 1.29 is 27.8 Å². The van der Waals surface area contributed by atoms with Crippen LogP contribution in [0.15, 0.2) is 72.8 Å². The number of rotatable bonds is 5. The molecule has 8 heteroatoms. The van der Waals surface area contributed by atoms with Crippen molar-refractivity contribution >= 4 is 17.4 Å². The predicted octanol–water partition coefficient (Wildman–Crippen LogP) is 6.52. The molecule has 2 atom stereocenters. The standard InChI is InChI=1S/C27H27F3N2O3/c1-17(2)24-26(34,20-6-5-7-23(16-20)35-27(28,29)30)32(22-14-10-19(4)11-15-22)25(33)31(24)21-12-8-18(3)9-13-21/h5-17,24,34H,1-4H3/t24-,26?/m1/s1. The summed E-state index contributed by atoms with van der Waals surface area (Å²) in [6.07, 6.45) is -4.89. The Morgan fingerprint density at radius 3 is 1.97 bits per heavy atom. The SMILES string of the molecule is Cc1ccc(N2C(=O)N(c3ccc(C)cc3)C(O)(c3cccc(OC(F)(F)F)c3)[C@H]2C(C)C)cc1. The van der Waals surface area contributed by atoms with Gasteiger partial charge in [0.25, 0.3) is 0 Å². The molecule has 4 rings (SSSR count). The fourth-order valence-electron chi connectivity index (χ4n) is 4.65. The maximum absolute atomic E-state index is 14.0. The number of hydrogen-bond acceptors (Lipinski definition) is 3. The minimum Gasteiger partial charge on any atom is -0.406 e. The van der Waals surface area contributed by atoms with Gasteiger partial charge < -0.3 is 9.84 Å². The number of ether oxygens (including phenoxy) is 1. The number of aliphatic hydroxyl groups is 1. The third-order valence-corrected chi connectivity index (χ3v) is 6.16. The second-order valence-corrected chi connectivity index (χ2v) is 9.15. The predicted molar refractivity (Wildman–Crippen MR) is 128 cm³/mol. The molecule has 1 saturated heterocycles. The van der Waals surface area contributed by atoms with Crippen LogP contribution in [0.3, 0.4) is 0 Å². The molecule has 184 valence electrons. The van der Waals surface area contributed by atoms with Crippen molar-refractivity contribution in [1.82, 2.24) is 0 Å². The number of aryl methyl sites for hydroxylation is 2. The minimum absolute atomic E-state index is 0.112. The van der Waals surface area contributed by atoms with E-state index in [4.69, 9.17) is 0 Å². The van der Waals surface area contributed by atoms with E-state index < -0.39 is 29.9 Å².